The molecule has 0 saturated heterocycles. The number of sulfone groups is 1. The zero-order valence-corrected chi connectivity index (χ0v) is 25.0. The van der Waals surface area contributed by atoms with Gasteiger partial charge in [0, 0.05) is 34.6 Å². The lowest BCUT2D eigenvalue weighted by molar-refractivity contribution is -0.113. The van der Waals surface area contributed by atoms with Crippen LogP contribution in [0.1, 0.15) is 36.2 Å². The van der Waals surface area contributed by atoms with E-state index in [1.54, 1.807) is 30.4 Å². The van der Waals surface area contributed by atoms with Crippen LogP contribution in [0.5, 0.6) is 0 Å². The summed E-state index contributed by atoms with van der Waals surface area (Å²) >= 11 is 1.98. The molecule has 12 heteroatoms. The number of carbonyl (C=O) groups excluding carboxylic acids is 2. The van der Waals surface area contributed by atoms with Crippen LogP contribution in [0.25, 0.3) is 0 Å². The predicted octanol–water partition coefficient (Wildman–Crippen LogP) is 4.43. The Kier molecular flexibility index (Phi) is 8.22. The van der Waals surface area contributed by atoms with E-state index in [1.807, 2.05) is 53.5 Å². The number of rotatable bonds is 8. The van der Waals surface area contributed by atoms with Crippen molar-refractivity contribution < 1.29 is 31.0 Å². The van der Waals surface area contributed by atoms with E-state index in [9.17, 15) is 31.0 Å². The summed E-state index contributed by atoms with van der Waals surface area (Å²) in [5.41, 5.74) is 2.74. The summed E-state index contributed by atoms with van der Waals surface area (Å²) in [6.07, 6.45) is 6.36. The van der Waals surface area contributed by atoms with Gasteiger partial charge in [0.1, 0.15) is 4.91 Å². The number of alkyl halides is 1. The first kappa shape index (κ1) is 29.2. The van der Waals surface area contributed by atoms with Crippen molar-refractivity contribution in [2.24, 2.45) is 0 Å². The molecule has 2 aromatic carbocycles. The molecule has 2 aliphatic rings. The minimum Gasteiger partial charge on any atom is -0.344 e. The second-order valence-electron chi connectivity index (χ2n) is 9.63. The van der Waals surface area contributed by atoms with Crippen LogP contribution in [0.3, 0.4) is 0 Å². The van der Waals surface area contributed by atoms with Crippen molar-refractivity contribution in [2.45, 2.75) is 30.6 Å². The highest BCUT2D eigenvalue weighted by Crippen LogP contribution is 2.48. The third-order valence-electron chi connectivity index (χ3n) is 6.63. The molecule has 2 aliphatic heterocycles. The van der Waals surface area contributed by atoms with Gasteiger partial charge in [-0.3, -0.25) is 14.1 Å². The van der Waals surface area contributed by atoms with E-state index in [0.29, 0.717) is 16.7 Å². The van der Waals surface area contributed by atoms with Crippen LogP contribution in [0, 0.1) is 0 Å². The van der Waals surface area contributed by atoms with E-state index in [0.717, 1.165) is 16.9 Å². The number of allylic oxidation sites excluding steroid dienone is 6. The molecule has 2 N–H and O–H groups in total. The van der Waals surface area contributed by atoms with Crippen LogP contribution >= 0.6 is 22.6 Å². The number of fused-ring (bicyclic) bond motifs is 2. The third-order valence-corrected chi connectivity index (χ3v) is 9.96. The van der Waals surface area contributed by atoms with Crippen molar-refractivity contribution >= 4 is 65.6 Å². The number of ketones is 1. The van der Waals surface area contributed by atoms with Crippen molar-refractivity contribution in [3.05, 3.63) is 88.5 Å². The second-order valence-corrected chi connectivity index (χ2v) is 13.8. The number of hydrogen-bond acceptors (Lipinski definition) is 7. The Morgan fingerprint density at radius 3 is 2.49 bits per heavy atom. The normalized spacial score (nSPS) is 19.6. The maximum absolute atomic E-state index is 12.8. The molecule has 0 aromatic heterocycles. The number of anilines is 2. The smallest absolute Gasteiger partial charge is 0.264 e. The standard InChI is InChI=1S/C27H27IN2O7S2/c1-27(2)20-16-18(29-25(31)17-28)12-13-21(20)30(14-7-15-38(33,34)35)24(27)11-6-5-10-23-26(32)19-8-3-4-9-22(19)39(23,36)37/h3-6,8-13,16H,7,14-15,17H2,1-2H3,(H,29,31)(H,33,34,35)/b6-5+,23-10-,24-11-. The van der Waals surface area contributed by atoms with Crippen LogP contribution in [-0.2, 0) is 30.2 Å². The van der Waals surface area contributed by atoms with Crippen molar-refractivity contribution in [2.75, 3.05) is 26.9 Å². The minimum atomic E-state index is -4.14. The summed E-state index contributed by atoms with van der Waals surface area (Å²) in [7, 11) is -8.04. The highest BCUT2D eigenvalue weighted by Gasteiger charge is 2.40. The summed E-state index contributed by atoms with van der Waals surface area (Å²) < 4.78 is 57.8. The summed E-state index contributed by atoms with van der Waals surface area (Å²) in [5.74, 6) is -1.09. The van der Waals surface area contributed by atoms with Gasteiger partial charge in [-0.05, 0) is 54.5 Å². The largest absolute Gasteiger partial charge is 0.344 e. The van der Waals surface area contributed by atoms with E-state index in [4.69, 9.17) is 0 Å². The minimum absolute atomic E-state index is 0.00384. The number of benzene rings is 2. The average Bonchev–Trinajstić information content (AvgIpc) is 3.19. The molecule has 2 aromatic rings. The Labute approximate surface area is 241 Å². The zero-order valence-electron chi connectivity index (χ0n) is 21.2. The first-order valence-corrected chi connectivity index (χ1v) is 16.6. The predicted molar refractivity (Wildman–Crippen MR) is 159 cm³/mol. The maximum atomic E-state index is 12.8. The highest BCUT2D eigenvalue weighted by molar-refractivity contribution is 14.1. The fraction of sp³-hybridized carbons (Fsp3) is 0.259. The Hall–Kier alpha value is -2.81. The van der Waals surface area contributed by atoms with Gasteiger partial charge in [0.25, 0.3) is 10.1 Å². The monoisotopic (exact) mass is 682 g/mol. The quantitative estimate of drug-likeness (QED) is 0.181. The molecule has 0 atom stereocenters. The number of hydrogen-bond donors (Lipinski definition) is 2. The average molecular weight is 683 g/mol. The summed E-state index contributed by atoms with van der Waals surface area (Å²) in [6.45, 7) is 4.26. The van der Waals surface area contributed by atoms with Crippen LogP contribution in [0.15, 0.2) is 82.3 Å². The van der Waals surface area contributed by atoms with Crippen LogP contribution in [-0.4, -0.2) is 49.8 Å². The number of halogens is 1. The molecular formula is C27H27IN2O7S2. The van der Waals surface area contributed by atoms with Crippen molar-refractivity contribution in [1.82, 2.24) is 0 Å². The molecular weight excluding hydrogens is 655 g/mol. The fourth-order valence-electron chi connectivity index (χ4n) is 4.81. The lowest BCUT2D eigenvalue weighted by Gasteiger charge is -2.27. The van der Waals surface area contributed by atoms with Crippen LogP contribution in [0.2, 0.25) is 0 Å². The van der Waals surface area contributed by atoms with Gasteiger partial charge in [0.05, 0.1) is 15.1 Å². The van der Waals surface area contributed by atoms with Crippen molar-refractivity contribution in [3.8, 4) is 0 Å². The summed E-state index contributed by atoms with van der Waals surface area (Å²) in [4.78, 5) is 26.3. The summed E-state index contributed by atoms with van der Waals surface area (Å²) in [5, 5.41) is 2.85. The van der Waals surface area contributed by atoms with Crippen molar-refractivity contribution in [3.63, 3.8) is 0 Å². The highest BCUT2D eigenvalue weighted by atomic mass is 127. The third kappa shape index (κ3) is 5.88. The van der Waals surface area contributed by atoms with Crippen molar-refractivity contribution in [1.29, 1.82) is 0 Å². The van der Waals surface area contributed by atoms with Gasteiger partial charge in [-0.15, -0.1) is 0 Å². The topological polar surface area (TPSA) is 138 Å². The Morgan fingerprint density at radius 2 is 1.82 bits per heavy atom. The van der Waals surface area contributed by atoms with Crippen LogP contribution in [0.4, 0.5) is 11.4 Å². The van der Waals surface area contributed by atoms with E-state index >= 15 is 0 Å². The molecule has 9 nitrogen and oxygen atoms in total. The molecule has 39 heavy (non-hydrogen) atoms. The Balaban J connectivity index is 1.68. The molecule has 2 heterocycles. The van der Waals surface area contributed by atoms with Crippen LogP contribution < -0.4 is 10.2 Å². The molecule has 0 saturated carbocycles. The number of nitrogens with one attached hydrogen (secondary N) is 1. The molecule has 4 rings (SSSR count). The van der Waals surface area contributed by atoms with E-state index < -0.39 is 36.9 Å². The Bertz CT molecular complexity index is 1660. The van der Waals surface area contributed by atoms with Gasteiger partial charge in [-0.1, -0.05) is 60.7 Å². The number of Topliss-reactive ketones (excluding diaryl/α,β-unsaturated/α-hetero) is 1. The lowest BCUT2D eigenvalue weighted by atomic mass is 9.83. The fourth-order valence-corrected chi connectivity index (χ4v) is 7.05. The second kappa shape index (κ2) is 11.0. The molecule has 0 bridgehead atoms. The first-order valence-electron chi connectivity index (χ1n) is 12.0. The molecule has 206 valence electrons. The summed E-state index contributed by atoms with van der Waals surface area (Å²) in [6, 6.07) is 11.6. The molecule has 0 unspecified atom stereocenters. The van der Waals surface area contributed by atoms with E-state index in [-0.39, 0.29) is 27.7 Å². The Morgan fingerprint density at radius 1 is 1.13 bits per heavy atom. The SMILES string of the molecule is CC1(C)/C(=C/C=C/C=C2/C(=O)c3ccccc3S2(=O)=O)N(CCCS(=O)(=O)O)c2ccc(NC(=O)CI)cc21. The number of amides is 1. The number of carbonyl (C=O) groups is 2. The number of nitrogens with zero attached hydrogens (tertiary/aromatic N) is 1. The molecule has 0 aliphatic carbocycles. The molecule has 1 amide bonds. The van der Waals surface area contributed by atoms with Gasteiger partial charge in [0.15, 0.2) is 0 Å². The molecule has 0 radical (unpaired) electrons. The first-order chi connectivity index (χ1) is 18.3. The van der Waals surface area contributed by atoms with Gasteiger partial charge in [-0.25, -0.2) is 8.42 Å². The molecule has 0 fully saturated rings. The van der Waals surface area contributed by atoms with Gasteiger partial charge >= 0.3 is 0 Å². The van der Waals surface area contributed by atoms with Gasteiger partial charge in [-0.2, -0.15) is 8.42 Å². The van der Waals surface area contributed by atoms with Gasteiger partial charge in [0.2, 0.25) is 21.5 Å². The zero-order chi connectivity index (χ0) is 28.6. The lowest BCUT2D eigenvalue weighted by Crippen LogP contribution is -2.28. The van der Waals surface area contributed by atoms with E-state index in [2.05, 4.69) is 5.32 Å². The molecule has 0 spiro atoms. The maximum Gasteiger partial charge on any atom is 0.264 e. The van der Waals surface area contributed by atoms with Gasteiger partial charge < -0.3 is 10.2 Å². The van der Waals surface area contributed by atoms with E-state index in [1.165, 1.54) is 24.3 Å².